The minimum atomic E-state index is -0.941. The molecule has 2 aromatic rings. The number of carboxylic acids is 1. The first-order chi connectivity index (χ1) is 16.4. The predicted molar refractivity (Wildman–Crippen MR) is 126 cm³/mol. The average Bonchev–Trinajstić information content (AvgIpc) is 3.14. The molecule has 1 aliphatic carbocycles. The molecule has 8 heteroatoms. The molecule has 2 amide bonds. The van der Waals surface area contributed by atoms with E-state index in [1.54, 1.807) is 6.92 Å². The van der Waals surface area contributed by atoms with Crippen molar-refractivity contribution in [1.29, 1.82) is 5.26 Å². The Morgan fingerprint density at radius 2 is 1.65 bits per heavy atom. The Kier molecular flexibility index (Phi) is 8.63. The van der Waals surface area contributed by atoms with Gasteiger partial charge in [0.1, 0.15) is 12.6 Å². The van der Waals surface area contributed by atoms with Crippen LogP contribution in [0, 0.1) is 11.3 Å². The molecule has 0 bridgehead atoms. The lowest BCUT2D eigenvalue weighted by molar-refractivity contribution is -0.137. The quantitative estimate of drug-likeness (QED) is 0.433. The van der Waals surface area contributed by atoms with Gasteiger partial charge in [0.2, 0.25) is 5.91 Å². The number of alkyl carbamates (subject to hydrolysis) is 1. The van der Waals surface area contributed by atoms with E-state index in [0.717, 1.165) is 22.3 Å². The van der Waals surface area contributed by atoms with Gasteiger partial charge >= 0.3 is 12.1 Å². The number of hydrogen-bond donors (Lipinski definition) is 3. The van der Waals surface area contributed by atoms with Crippen molar-refractivity contribution >= 4 is 18.0 Å². The first-order valence-electron chi connectivity index (χ1n) is 11.4. The van der Waals surface area contributed by atoms with Crippen LogP contribution in [0.3, 0.4) is 0 Å². The van der Waals surface area contributed by atoms with Crippen LogP contribution in [0.25, 0.3) is 11.1 Å². The van der Waals surface area contributed by atoms with Crippen molar-refractivity contribution in [2.45, 2.75) is 57.0 Å². The number of fused-ring (bicyclic) bond motifs is 3. The number of unbranched alkanes of at least 4 members (excludes halogenated alkanes) is 1. The average molecular weight is 464 g/mol. The number of aliphatic carboxylic acids is 1. The Morgan fingerprint density at radius 3 is 2.24 bits per heavy atom. The molecule has 0 saturated carbocycles. The van der Waals surface area contributed by atoms with Gasteiger partial charge in [-0.2, -0.15) is 5.26 Å². The van der Waals surface area contributed by atoms with Crippen molar-refractivity contribution in [3.63, 3.8) is 0 Å². The summed E-state index contributed by atoms with van der Waals surface area (Å²) in [4.78, 5) is 36.1. The number of hydrogen-bond acceptors (Lipinski definition) is 5. The largest absolute Gasteiger partial charge is 0.481 e. The van der Waals surface area contributed by atoms with Crippen LogP contribution in [0.2, 0.25) is 0 Å². The summed E-state index contributed by atoms with van der Waals surface area (Å²) in [6.07, 6.45) is 0.455. The zero-order valence-corrected chi connectivity index (χ0v) is 19.1. The van der Waals surface area contributed by atoms with Gasteiger partial charge in [0.05, 0.1) is 6.07 Å². The zero-order valence-electron chi connectivity index (χ0n) is 19.1. The number of carboxylic acid groups (broad SMARTS) is 1. The molecule has 2 atom stereocenters. The molecule has 0 aromatic heterocycles. The highest BCUT2D eigenvalue weighted by Crippen LogP contribution is 2.44. The molecule has 34 heavy (non-hydrogen) atoms. The van der Waals surface area contributed by atoms with Crippen molar-refractivity contribution < 1.29 is 24.2 Å². The van der Waals surface area contributed by atoms with E-state index < -0.39 is 24.0 Å². The first kappa shape index (κ1) is 24.8. The maximum atomic E-state index is 12.7. The van der Waals surface area contributed by atoms with Crippen molar-refractivity contribution in [2.75, 3.05) is 6.61 Å². The first-order valence-corrected chi connectivity index (χ1v) is 11.4. The van der Waals surface area contributed by atoms with Crippen LogP contribution in [0.15, 0.2) is 48.5 Å². The second-order valence-corrected chi connectivity index (χ2v) is 8.41. The van der Waals surface area contributed by atoms with Gasteiger partial charge in [-0.1, -0.05) is 48.5 Å². The number of carbonyl (C=O) groups is 3. The van der Waals surface area contributed by atoms with E-state index in [0.29, 0.717) is 6.42 Å². The number of nitrogens with zero attached hydrogens (tertiary/aromatic N) is 1. The summed E-state index contributed by atoms with van der Waals surface area (Å²) < 4.78 is 5.54. The molecule has 0 heterocycles. The summed E-state index contributed by atoms with van der Waals surface area (Å²) in [5.74, 6) is -1.46. The van der Waals surface area contributed by atoms with Crippen molar-refractivity contribution in [2.24, 2.45) is 0 Å². The van der Waals surface area contributed by atoms with Crippen LogP contribution in [0.5, 0.6) is 0 Å². The van der Waals surface area contributed by atoms with Crippen LogP contribution in [0.4, 0.5) is 4.79 Å². The van der Waals surface area contributed by atoms with Gasteiger partial charge < -0.3 is 20.5 Å². The molecule has 0 radical (unpaired) electrons. The second-order valence-electron chi connectivity index (χ2n) is 8.41. The lowest BCUT2D eigenvalue weighted by atomic mass is 9.98. The zero-order chi connectivity index (χ0) is 24.5. The van der Waals surface area contributed by atoms with E-state index in [-0.39, 0.29) is 44.2 Å². The number of ether oxygens (including phenoxy) is 1. The number of rotatable bonds is 11. The molecule has 178 valence electrons. The Morgan fingerprint density at radius 1 is 1.03 bits per heavy atom. The third kappa shape index (κ3) is 6.35. The highest BCUT2D eigenvalue weighted by atomic mass is 16.5. The number of amides is 2. The SMILES string of the molecule is CC(CCC(=O)O)NC(=O)C(CCCC#N)NC(=O)OCC1c2ccccc2-c2ccccc21. The highest BCUT2D eigenvalue weighted by Gasteiger charge is 2.30. The fourth-order valence-electron chi connectivity index (χ4n) is 4.19. The van der Waals surface area contributed by atoms with Gasteiger partial charge in [0.15, 0.2) is 0 Å². The van der Waals surface area contributed by atoms with Gasteiger partial charge in [0.25, 0.3) is 0 Å². The lowest BCUT2D eigenvalue weighted by Crippen LogP contribution is -2.49. The predicted octanol–water partition coefficient (Wildman–Crippen LogP) is 3.96. The van der Waals surface area contributed by atoms with E-state index in [1.807, 2.05) is 42.5 Å². The molecular weight excluding hydrogens is 434 g/mol. The molecule has 8 nitrogen and oxygen atoms in total. The van der Waals surface area contributed by atoms with Crippen LogP contribution >= 0.6 is 0 Å². The summed E-state index contributed by atoms with van der Waals surface area (Å²) in [6.45, 7) is 1.84. The fraction of sp³-hybridized carbons (Fsp3) is 0.385. The van der Waals surface area contributed by atoms with Gasteiger partial charge in [-0.15, -0.1) is 0 Å². The van der Waals surface area contributed by atoms with Gasteiger partial charge in [-0.25, -0.2) is 4.79 Å². The van der Waals surface area contributed by atoms with Crippen LogP contribution in [0.1, 0.15) is 56.1 Å². The molecule has 0 saturated heterocycles. The van der Waals surface area contributed by atoms with Crippen LogP contribution in [-0.2, 0) is 14.3 Å². The van der Waals surface area contributed by atoms with E-state index in [4.69, 9.17) is 15.1 Å². The van der Waals surface area contributed by atoms with E-state index in [1.165, 1.54) is 0 Å². The second kappa shape index (κ2) is 11.8. The van der Waals surface area contributed by atoms with Crippen LogP contribution < -0.4 is 10.6 Å². The minimum absolute atomic E-state index is 0.0691. The number of nitrogens with one attached hydrogen (secondary N) is 2. The van der Waals surface area contributed by atoms with Crippen molar-refractivity contribution in [3.05, 3.63) is 59.7 Å². The standard InChI is InChI=1S/C26H29N3O5/c1-17(13-14-24(30)31)28-25(32)23(12-6-7-15-27)29-26(33)34-16-22-20-10-4-2-8-18(20)19-9-3-5-11-21(19)22/h2-5,8-11,17,22-23H,6-7,12-14,16H2,1H3,(H,28,32)(H,29,33)(H,30,31). The third-order valence-corrected chi connectivity index (χ3v) is 5.91. The number of carbonyl (C=O) groups excluding carboxylic acids is 2. The van der Waals surface area contributed by atoms with E-state index in [2.05, 4.69) is 22.8 Å². The summed E-state index contributed by atoms with van der Waals surface area (Å²) in [5, 5.41) is 23.0. The number of benzene rings is 2. The molecule has 3 N–H and O–H groups in total. The molecule has 2 aromatic carbocycles. The smallest absolute Gasteiger partial charge is 0.407 e. The summed E-state index contributed by atoms with van der Waals surface area (Å²) in [6, 6.07) is 16.8. The Labute approximate surface area is 198 Å². The van der Waals surface area contributed by atoms with E-state index >= 15 is 0 Å². The monoisotopic (exact) mass is 463 g/mol. The summed E-state index contributed by atoms with van der Waals surface area (Å²) >= 11 is 0. The molecule has 3 rings (SSSR count). The summed E-state index contributed by atoms with van der Waals surface area (Å²) in [5.41, 5.74) is 4.42. The Balaban J connectivity index is 1.61. The van der Waals surface area contributed by atoms with Gasteiger partial charge in [0, 0.05) is 24.8 Å². The molecule has 1 aliphatic rings. The fourth-order valence-corrected chi connectivity index (χ4v) is 4.19. The summed E-state index contributed by atoms with van der Waals surface area (Å²) in [7, 11) is 0. The molecular formula is C26H29N3O5. The van der Waals surface area contributed by atoms with Crippen molar-refractivity contribution in [1.82, 2.24) is 10.6 Å². The van der Waals surface area contributed by atoms with Gasteiger partial charge in [-0.3, -0.25) is 9.59 Å². The topological polar surface area (TPSA) is 129 Å². The molecule has 2 unspecified atom stereocenters. The highest BCUT2D eigenvalue weighted by molar-refractivity contribution is 5.86. The Bertz CT molecular complexity index is 1030. The lowest BCUT2D eigenvalue weighted by Gasteiger charge is -2.21. The Hall–Kier alpha value is -3.86. The van der Waals surface area contributed by atoms with E-state index in [9.17, 15) is 14.4 Å². The molecule has 0 fully saturated rings. The maximum Gasteiger partial charge on any atom is 0.407 e. The molecule has 0 aliphatic heterocycles. The third-order valence-electron chi connectivity index (χ3n) is 5.91. The van der Waals surface area contributed by atoms with Gasteiger partial charge in [-0.05, 0) is 48.4 Å². The maximum absolute atomic E-state index is 12.7. The van der Waals surface area contributed by atoms with Crippen molar-refractivity contribution in [3.8, 4) is 17.2 Å². The molecule has 0 spiro atoms. The number of nitriles is 1. The van der Waals surface area contributed by atoms with Crippen LogP contribution in [-0.4, -0.2) is 41.8 Å². The normalized spacial score (nSPS) is 13.6. The minimum Gasteiger partial charge on any atom is -0.481 e.